The van der Waals surface area contributed by atoms with E-state index in [4.69, 9.17) is 9.79 Å². The fourth-order valence-electron chi connectivity index (χ4n) is 0.245. The Kier molecular flexibility index (Phi) is 3.00. The fraction of sp³-hybridized carbons (Fsp3) is 0.333. The summed E-state index contributed by atoms with van der Waals surface area (Å²) < 4.78 is 66.9. The standard InChI is InChI=1S/C3H2F5O3P/c4-1(3(6,7)8)2(5)12(9,10)11/h(H2,9,10,11)/b2-1-. The van der Waals surface area contributed by atoms with Crippen molar-refractivity contribution in [1.82, 2.24) is 0 Å². The van der Waals surface area contributed by atoms with Gasteiger partial charge in [0.25, 0.3) is 5.57 Å². The molecule has 2 N–H and O–H groups in total. The molecule has 0 aliphatic heterocycles. The molecule has 0 unspecified atom stereocenters. The normalized spacial score (nSPS) is 15.9. The minimum atomic E-state index is -5.79. The second-order valence-electron chi connectivity index (χ2n) is 1.65. The lowest BCUT2D eigenvalue weighted by atomic mass is 10.6. The monoisotopic (exact) mass is 212 g/mol. The van der Waals surface area contributed by atoms with Crippen LogP contribution in [0.4, 0.5) is 22.0 Å². The number of halogens is 5. The van der Waals surface area contributed by atoms with Crippen LogP contribution in [0.5, 0.6) is 0 Å². The summed E-state index contributed by atoms with van der Waals surface area (Å²) in [5, 5.41) is 0. The summed E-state index contributed by atoms with van der Waals surface area (Å²) in [7, 11) is -5.79. The third-order valence-corrected chi connectivity index (χ3v) is 1.39. The third kappa shape index (κ3) is 2.88. The van der Waals surface area contributed by atoms with Crippen molar-refractivity contribution in [3.8, 4) is 0 Å². The number of rotatable bonds is 1. The Morgan fingerprint density at radius 1 is 1.17 bits per heavy atom. The van der Waals surface area contributed by atoms with Crippen LogP contribution in [0.15, 0.2) is 11.4 Å². The van der Waals surface area contributed by atoms with Gasteiger partial charge in [-0.2, -0.15) is 22.0 Å². The minimum Gasteiger partial charge on any atom is -0.319 e. The summed E-state index contributed by atoms with van der Waals surface area (Å²) in [6, 6.07) is 0. The minimum absolute atomic E-state index is 3.10. The van der Waals surface area contributed by atoms with Crippen molar-refractivity contribution in [3.63, 3.8) is 0 Å². The van der Waals surface area contributed by atoms with E-state index < -0.39 is 25.2 Å². The summed E-state index contributed by atoms with van der Waals surface area (Å²) >= 11 is 0. The summed E-state index contributed by atoms with van der Waals surface area (Å²) in [4.78, 5) is 15.5. The lowest BCUT2D eigenvalue weighted by Gasteiger charge is -2.05. The smallest absolute Gasteiger partial charge is 0.319 e. The molecule has 12 heavy (non-hydrogen) atoms. The van der Waals surface area contributed by atoms with Crippen LogP contribution >= 0.6 is 7.60 Å². The van der Waals surface area contributed by atoms with Crippen LogP contribution in [0.3, 0.4) is 0 Å². The van der Waals surface area contributed by atoms with E-state index in [0.717, 1.165) is 0 Å². The zero-order valence-corrected chi connectivity index (χ0v) is 6.03. The summed E-state index contributed by atoms with van der Waals surface area (Å²) in [6.45, 7) is 0. The van der Waals surface area contributed by atoms with Gasteiger partial charge in [0.05, 0.1) is 0 Å². The zero-order chi connectivity index (χ0) is 10.2. The van der Waals surface area contributed by atoms with Crippen molar-refractivity contribution in [2.24, 2.45) is 0 Å². The van der Waals surface area contributed by atoms with Crippen LogP contribution in [-0.4, -0.2) is 16.0 Å². The van der Waals surface area contributed by atoms with Crippen molar-refractivity contribution >= 4 is 7.60 Å². The van der Waals surface area contributed by atoms with Crippen LogP contribution in [0.2, 0.25) is 0 Å². The van der Waals surface area contributed by atoms with Gasteiger partial charge in [0.1, 0.15) is 0 Å². The molecule has 0 aromatic heterocycles. The van der Waals surface area contributed by atoms with Crippen molar-refractivity contribution in [2.75, 3.05) is 0 Å². The van der Waals surface area contributed by atoms with Gasteiger partial charge in [-0.3, -0.25) is 4.57 Å². The number of alkyl halides is 3. The maximum atomic E-state index is 11.8. The summed E-state index contributed by atoms with van der Waals surface area (Å²) in [5.74, 6) is -3.41. The Morgan fingerprint density at radius 2 is 1.50 bits per heavy atom. The van der Waals surface area contributed by atoms with Gasteiger partial charge >= 0.3 is 13.8 Å². The molecule has 0 saturated heterocycles. The van der Waals surface area contributed by atoms with E-state index >= 15 is 0 Å². The Labute approximate surface area is 62.7 Å². The summed E-state index contributed by atoms with van der Waals surface area (Å²) in [5.41, 5.74) is -3.10. The van der Waals surface area contributed by atoms with Gasteiger partial charge in [-0.05, 0) is 0 Å². The molecule has 0 fully saturated rings. The van der Waals surface area contributed by atoms with Gasteiger partial charge in [-0.1, -0.05) is 0 Å². The predicted molar refractivity (Wildman–Crippen MR) is 27.3 cm³/mol. The third-order valence-electron chi connectivity index (χ3n) is 0.686. The molecule has 0 rings (SSSR count). The highest BCUT2D eigenvalue weighted by molar-refractivity contribution is 7.56. The number of hydrogen-bond acceptors (Lipinski definition) is 1. The van der Waals surface area contributed by atoms with Crippen LogP contribution in [0.1, 0.15) is 0 Å². The topological polar surface area (TPSA) is 57.5 Å². The average Bonchev–Trinajstić information content (AvgIpc) is 1.80. The van der Waals surface area contributed by atoms with E-state index in [-0.39, 0.29) is 0 Å². The Bertz CT molecular complexity index is 249. The number of hydrogen-bond donors (Lipinski definition) is 2. The SMILES string of the molecule is O=P(O)(O)/C(F)=C(\F)C(F)(F)F. The molecule has 0 radical (unpaired) electrons. The first kappa shape index (κ1) is 11.5. The average molecular weight is 212 g/mol. The van der Waals surface area contributed by atoms with Crippen LogP contribution < -0.4 is 0 Å². The molecule has 0 aliphatic rings. The second kappa shape index (κ2) is 3.12. The van der Waals surface area contributed by atoms with E-state index in [1.54, 1.807) is 0 Å². The van der Waals surface area contributed by atoms with Gasteiger partial charge in [0, 0.05) is 0 Å². The second-order valence-corrected chi connectivity index (χ2v) is 3.13. The maximum Gasteiger partial charge on any atom is 0.446 e. The molecule has 0 amide bonds. The van der Waals surface area contributed by atoms with Gasteiger partial charge in [-0.25, -0.2) is 0 Å². The summed E-state index contributed by atoms with van der Waals surface area (Å²) in [6.07, 6.45) is -5.72. The highest BCUT2D eigenvalue weighted by Gasteiger charge is 2.43. The highest BCUT2D eigenvalue weighted by Crippen LogP contribution is 2.50. The molecule has 72 valence electrons. The molecule has 0 spiro atoms. The Hall–Kier alpha value is -0.460. The molecule has 0 heterocycles. The van der Waals surface area contributed by atoms with Crippen LogP contribution in [-0.2, 0) is 4.57 Å². The van der Waals surface area contributed by atoms with E-state index in [0.29, 0.717) is 0 Å². The molecule has 0 atom stereocenters. The van der Waals surface area contributed by atoms with Gasteiger partial charge in [0.15, 0.2) is 0 Å². The van der Waals surface area contributed by atoms with E-state index in [1.807, 2.05) is 0 Å². The largest absolute Gasteiger partial charge is 0.446 e. The molecule has 9 heteroatoms. The fourth-order valence-corrected chi connectivity index (χ4v) is 0.627. The zero-order valence-electron chi connectivity index (χ0n) is 5.14. The molecule has 0 aliphatic carbocycles. The van der Waals surface area contributed by atoms with Gasteiger partial charge < -0.3 is 9.79 Å². The van der Waals surface area contributed by atoms with Crippen molar-refractivity contribution < 1.29 is 36.3 Å². The van der Waals surface area contributed by atoms with Gasteiger partial charge in [0.2, 0.25) is 5.83 Å². The maximum absolute atomic E-state index is 11.8. The first-order valence-corrected chi connectivity index (χ1v) is 3.86. The molecule has 0 bridgehead atoms. The molecule has 0 aromatic rings. The van der Waals surface area contributed by atoms with Gasteiger partial charge in [-0.15, -0.1) is 0 Å². The van der Waals surface area contributed by atoms with Crippen molar-refractivity contribution in [3.05, 3.63) is 11.4 Å². The highest BCUT2D eigenvalue weighted by atomic mass is 31.2. The Balaban J connectivity index is 5.11. The molecule has 3 nitrogen and oxygen atoms in total. The van der Waals surface area contributed by atoms with Crippen LogP contribution in [0, 0.1) is 0 Å². The predicted octanol–water partition coefficient (Wildman–Crippen LogP) is 1.83. The number of allylic oxidation sites excluding steroid dienone is 1. The quantitative estimate of drug-likeness (QED) is 0.514. The first-order chi connectivity index (χ1) is 5.07. The lowest BCUT2D eigenvalue weighted by molar-refractivity contribution is -0.110. The van der Waals surface area contributed by atoms with E-state index in [9.17, 15) is 26.5 Å². The van der Waals surface area contributed by atoms with Crippen LogP contribution in [0.25, 0.3) is 0 Å². The molecular formula is C3H2F5O3P. The molecule has 0 saturated carbocycles. The van der Waals surface area contributed by atoms with Crippen molar-refractivity contribution in [1.29, 1.82) is 0 Å². The Morgan fingerprint density at radius 3 is 1.58 bits per heavy atom. The van der Waals surface area contributed by atoms with E-state index in [1.165, 1.54) is 0 Å². The lowest BCUT2D eigenvalue weighted by Crippen LogP contribution is -2.09. The van der Waals surface area contributed by atoms with Crippen molar-refractivity contribution in [2.45, 2.75) is 6.18 Å². The molecule has 0 aromatic carbocycles. The first-order valence-electron chi connectivity index (χ1n) is 2.25. The molecular weight excluding hydrogens is 210 g/mol. The van der Waals surface area contributed by atoms with E-state index in [2.05, 4.69) is 0 Å².